The van der Waals surface area contributed by atoms with Gasteiger partial charge >= 0.3 is 5.69 Å². The number of piperidine rings is 1. The first kappa shape index (κ1) is 18.4. The van der Waals surface area contributed by atoms with Crippen LogP contribution in [-0.4, -0.2) is 30.2 Å². The second kappa shape index (κ2) is 7.09. The first-order chi connectivity index (χ1) is 12.4. The van der Waals surface area contributed by atoms with Crippen molar-refractivity contribution in [2.75, 3.05) is 25.1 Å². The summed E-state index contributed by atoms with van der Waals surface area (Å²) in [4.78, 5) is 12.3. The zero-order valence-electron chi connectivity index (χ0n) is 14.1. The van der Waals surface area contributed by atoms with E-state index in [0.717, 1.165) is 6.07 Å². The van der Waals surface area contributed by atoms with Gasteiger partial charge in [-0.2, -0.15) is 4.39 Å². The minimum Gasteiger partial charge on any atom is -0.497 e. The van der Waals surface area contributed by atoms with Gasteiger partial charge in [-0.3, -0.25) is 10.1 Å². The molecule has 1 aliphatic rings. The van der Waals surface area contributed by atoms with Crippen LogP contribution in [0, 0.1) is 15.9 Å². The number of nitrogens with zero attached hydrogens (tertiary/aromatic N) is 2. The largest absolute Gasteiger partial charge is 0.497 e. The number of halogens is 2. The molecule has 0 aliphatic carbocycles. The number of methoxy groups -OCH3 is 1. The maximum absolute atomic E-state index is 14.2. The number of nitro groups is 1. The quantitative estimate of drug-likeness (QED) is 0.643. The first-order valence-electron chi connectivity index (χ1n) is 8.10. The maximum atomic E-state index is 14.2. The predicted octanol–water partition coefficient (Wildman–Crippen LogP) is 3.88. The number of nitro benzene ring substituents is 1. The smallest absolute Gasteiger partial charge is 0.328 e. The molecule has 8 heteroatoms. The van der Waals surface area contributed by atoms with E-state index in [0.29, 0.717) is 36.5 Å². The Labute approximate surface area is 154 Å². The highest BCUT2D eigenvalue weighted by Gasteiger charge is 2.37. The minimum absolute atomic E-state index is 0.146. The summed E-state index contributed by atoms with van der Waals surface area (Å²) in [6.07, 6.45) is 0.624. The van der Waals surface area contributed by atoms with Crippen molar-refractivity contribution < 1.29 is 19.2 Å². The van der Waals surface area contributed by atoms with Crippen LogP contribution in [0.4, 0.5) is 15.8 Å². The molecule has 3 rings (SSSR count). The lowest BCUT2D eigenvalue weighted by Crippen LogP contribution is -2.43. The molecule has 1 heterocycles. The van der Waals surface area contributed by atoms with E-state index in [4.69, 9.17) is 16.3 Å². The van der Waals surface area contributed by atoms with Crippen molar-refractivity contribution in [1.82, 2.24) is 0 Å². The topological polar surface area (TPSA) is 75.8 Å². The number of aliphatic hydroxyl groups is 1. The number of hydrogen-bond acceptors (Lipinski definition) is 5. The summed E-state index contributed by atoms with van der Waals surface area (Å²) in [6.45, 7) is 0.629. The number of benzene rings is 2. The fourth-order valence-electron chi connectivity index (χ4n) is 3.33. The molecule has 1 fully saturated rings. The third kappa shape index (κ3) is 3.32. The second-order valence-electron chi connectivity index (χ2n) is 6.23. The molecule has 1 aliphatic heterocycles. The van der Waals surface area contributed by atoms with Crippen LogP contribution < -0.4 is 9.64 Å². The monoisotopic (exact) mass is 380 g/mol. The molecule has 26 heavy (non-hydrogen) atoms. The molecule has 0 spiro atoms. The molecular formula is C18H18ClFN2O4. The minimum atomic E-state index is -1.12. The SMILES string of the molecule is COc1cc(F)c([N+](=O)[O-])c(N2CCC(O)(c3ccccc3Cl)CC2)c1. The Balaban J connectivity index is 1.90. The second-order valence-corrected chi connectivity index (χ2v) is 6.64. The third-order valence-electron chi connectivity index (χ3n) is 4.74. The van der Waals surface area contributed by atoms with Crippen LogP contribution >= 0.6 is 11.6 Å². The highest BCUT2D eigenvalue weighted by atomic mass is 35.5. The fraction of sp³-hybridized carbons (Fsp3) is 0.333. The Morgan fingerprint density at radius 3 is 2.54 bits per heavy atom. The van der Waals surface area contributed by atoms with Gasteiger partial charge in [-0.1, -0.05) is 29.8 Å². The van der Waals surface area contributed by atoms with Crippen molar-refractivity contribution in [3.8, 4) is 5.75 Å². The van der Waals surface area contributed by atoms with Crippen LogP contribution in [0.1, 0.15) is 18.4 Å². The molecule has 0 unspecified atom stereocenters. The van der Waals surface area contributed by atoms with E-state index in [1.807, 2.05) is 0 Å². The van der Waals surface area contributed by atoms with E-state index >= 15 is 0 Å². The van der Waals surface area contributed by atoms with E-state index in [1.165, 1.54) is 13.2 Å². The Morgan fingerprint density at radius 2 is 1.96 bits per heavy atom. The summed E-state index contributed by atoms with van der Waals surface area (Å²) in [5.74, 6) is -0.744. The van der Waals surface area contributed by atoms with E-state index in [1.54, 1.807) is 29.2 Å². The molecular weight excluding hydrogens is 363 g/mol. The molecule has 0 saturated carbocycles. The molecule has 2 aromatic rings. The fourth-order valence-corrected chi connectivity index (χ4v) is 3.64. The van der Waals surface area contributed by atoms with Gasteiger partial charge in [-0.05, 0) is 18.9 Å². The molecule has 0 aromatic heterocycles. The van der Waals surface area contributed by atoms with Gasteiger partial charge in [-0.15, -0.1) is 0 Å². The molecule has 0 bridgehead atoms. The van der Waals surface area contributed by atoms with Crippen LogP contribution in [0.2, 0.25) is 5.02 Å². The van der Waals surface area contributed by atoms with Crippen LogP contribution in [-0.2, 0) is 5.60 Å². The molecule has 0 radical (unpaired) electrons. The van der Waals surface area contributed by atoms with E-state index in [-0.39, 0.29) is 11.4 Å². The molecule has 6 nitrogen and oxygen atoms in total. The van der Waals surface area contributed by atoms with E-state index < -0.39 is 22.0 Å². The Kier molecular flexibility index (Phi) is 5.02. The summed E-state index contributed by atoms with van der Waals surface area (Å²) >= 11 is 6.20. The highest BCUT2D eigenvalue weighted by molar-refractivity contribution is 6.31. The Bertz CT molecular complexity index is 838. The lowest BCUT2D eigenvalue weighted by Gasteiger charge is -2.39. The van der Waals surface area contributed by atoms with Crippen molar-refractivity contribution in [3.05, 3.63) is 62.9 Å². The van der Waals surface area contributed by atoms with Crippen molar-refractivity contribution in [2.24, 2.45) is 0 Å². The van der Waals surface area contributed by atoms with Gasteiger partial charge in [0.15, 0.2) is 0 Å². The van der Waals surface area contributed by atoms with E-state index in [9.17, 15) is 19.6 Å². The van der Waals surface area contributed by atoms with Crippen LogP contribution in [0.25, 0.3) is 0 Å². The van der Waals surface area contributed by atoms with Gasteiger partial charge in [-0.25, -0.2) is 0 Å². The van der Waals surface area contributed by atoms with Crippen molar-refractivity contribution in [3.63, 3.8) is 0 Å². The van der Waals surface area contributed by atoms with Crippen molar-refractivity contribution >= 4 is 23.0 Å². The Morgan fingerprint density at radius 1 is 1.31 bits per heavy atom. The highest BCUT2D eigenvalue weighted by Crippen LogP contribution is 2.41. The summed E-state index contributed by atoms with van der Waals surface area (Å²) in [7, 11) is 1.37. The lowest BCUT2D eigenvalue weighted by atomic mass is 9.84. The van der Waals surface area contributed by atoms with Gasteiger partial charge in [0.25, 0.3) is 0 Å². The Hall–Kier alpha value is -2.38. The van der Waals surface area contributed by atoms with Gasteiger partial charge in [0, 0.05) is 35.8 Å². The predicted molar refractivity (Wildman–Crippen MR) is 96.4 cm³/mol. The average Bonchev–Trinajstić information content (AvgIpc) is 2.61. The molecule has 1 saturated heterocycles. The van der Waals surface area contributed by atoms with Gasteiger partial charge in [0.05, 0.1) is 17.6 Å². The zero-order valence-corrected chi connectivity index (χ0v) is 14.9. The van der Waals surface area contributed by atoms with Gasteiger partial charge < -0.3 is 14.7 Å². The van der Waals surface area contributed by atoms with Crippen molar-refractivity contribution in [1.29, 1.82) is 0 Å². The van der Waals surface area contributed by atoms with Crippen LogP contribution in [0.5, 0.6) is 5.75 Å². The number of anilines is 1. The lowest BCUT2D eigenvalue weighted by molar-refractivity contribution is -0.386. The summed E-state index contributed by atoms with van der Waals surface area (Å²) in [5.41, 5.74) is -0.934. The standard InChI is InChI=1S/C18H18ClFN2O4/c1-26-12-10-15(20)17(22(24)25)16(11-12)21-8-6-18(23,7-9-21)13-4-2-3-5-14(13)19/h2-5,10-11,23H,6-9H2,1H3. The molecule has 1 N–H and O–H groups in total. The van der Waals surface area contributed by atoms with E-state index in [2.05, 4.69) is 0 Å². The zero-order chi connectivity index (χ0) is 18.9. The normalized spacial score (nSPS) is 16.4. The summed E-state index contributed by atoms with van der Waals surface area (Å²) in [5, 5.41) is 22.8. The summed E-state index contributed by atoms with van der Waals surface area (Å²) in [6, 6.07) is 9.50. The van der Waals surface area contributed by atoms with Gasteiger partial charge in [0.2, 0.25) is 5.82 Å². The number of hydrogen-bond donors (Lipinski definition) is 1. The molecule has 2 aromatic carbocycles. The number of rotatable bonds is 4. The average molecular weight is 381 g/mol. The molecule has 0 amide bonds. The maximum Gasteiger partial charge on any atom is 0.328 e. The van der Waals surface area contributed by atoms with Crippen LogP contribution in [0.15, 0.2) is 36.4 Å². The summed E-state index contributed by atoms with van der Waals surface area (Å²) < 4.78 is 19.2. The van der Waals surface area contributed by atoms with Gasteiger partial charge in [0.1, 0.15) is 11.4 Å². The number of ether oxygens (including phenoxy) is 1. The molecule has 0 atom stereocenters. The van der Waals surface area contributed by atoms with Crippen LogP contribution in [0.3, 0.4) is 0 Å². The molecule has 138 valence electrons. The first-order valence-corrected chi connectivity index (χ1v) is 8.48. The third-order valence-corrected chi connectivity index (χ3v) is 5.07. The van der Waals surface area contributed by atoms with Crippen molar-refractivity contribution in [2.45, 2.75) is 18.4 Å².